The van der Waals surface area contributed by atoms with Gasteiger partial charge in [-0.1, -0.05) is 77.5 Å². The van der Waals surface area contributed by atoms with E-state index >= 15 is 0 Å². The summed E-state index contributed by atoms with van der Waals surface area (Å²) in [6.07, 6.45) is 5.80. The molecule has 1 atom stereocenters. The van der Waals surface area contributed by atoms with Gasteiger partial charge < -0.3 is 0 Å². The first-order chi connectivity index (χ1) is 16.6. The van der Waals surface area contributed by atoms with Crippen molar-refractivity contribution in [2.45, 2.75) is 23.8 Å². The normalized spacial score (nSPS) is 17.1. The largest absolute Gasteiger partial charge is 0.272 e. The van der Waals surface area contributed by atoms with Crippen molar-refractivity contribution in [2.75, 3.05) is 6.26 Å². The van der Waals surface area contributed by atoms with Gasteiger partial charge in [-0.25, -0.2) is 4.99 Å². The molecule has 168 valence electrons. The first-order valence-corrected chi connectivity index (χ1v) is 13.6. The molecule has 1 unspecified atom stereocenters. The molecule has 0 amide bonds. The average molecular weight is 501 g/mol. The topological polar surface area (TPSA) is 34.4 Å². The second kappa shape index (κ2) is 8.73. The van der Waals surface area contributed by atoms with Crippen LogP contribution in [0.1, 0.15) is 34.7 Å². The molecule has 0 radical (unpaired) electrons. The van der Waals surface area contributed by atoms with Crippen LogP contribution in [0.5, 0.6) is 0 Å². The summed E-state index contributed by atoms with van der Waals surface area (Å²) in [5.74, 6) is 0. The molecule has 3 nitrogen and oxygen atoms in total. The molecule has 1 aliphatic heterocycles. The van der Waals surface area contributed by atoms with Crippen molar-refractivity contribution in [3.05, 3.63) is 125 Å². The third-order valence-corrected chi connectivity index (χ3v) is 8.56. The van der Waals surface area contributed by atoms with Crippen LogP contribution in [-0.4, -0.2) is 10.8 Å². The summed E-state index contributed by atoms with van der Waals surface area (Å²) in [5, 5.41) is 0.669. The van der Waals surface area contributed by atoms with Crippen LogP contribution >= 0.6 is 34.7 Å². The molecule has 0 saturated heterocycles. The molecule has 1 aliphatic carbocycles. The van der Waals surface area contributed by atoms with Crippen molar-refractivity contribution >= 4 is 46.5 Å². The summed E-state index contributed by atoms with van der Waals surface area (Å²) in [7, 11) is 0. The van der Waals surface area contributed by atoms with Gasteiger partial charge in [-0.2, -0.15) is 0 Å². The zero-order chi connectivity index (χ0) is 23.2. The summed E-state index contributed by atoms with van der Waals surface area (Å²) in [6, 6.07) is 24.3. The van der Waals surface area contributed by atoms with E-state index < -0.39 is 0 Å². The Bertz CT molecular complexity index is 1630. The molecular formula is C28H21ClN2OS2. The van der Waals surface area contributed by atoms with Crippen molar-refractivity contribution in [2.24, 2.45) is 4.99 Å². The van der Waals surface area contributed by atoms with E-state index in [4.69, 9.17) is 16.6 Å². The van der Waals surface area contributed by atoms with Crippen LogP contribution in [0.4, 0.5) is 0 Å². The fourth-order valence-electron chi connectivity index (χ4n) is 4.85. The minimum atomic E-state index is -0.255. The summed E-state index contributed by atoms with van der Waals surface area (Å²) >= 11 is 9.85. The van der Waals surface area contributed by atoms with Gasteiger partial charge in [0.05, 0.1) is 16.3 Å². The highest BCUT2D eigenvalue weighted by Gasteiger charge is 2.33. The molecule has 3 aromatic carbocycles. The SMILES string of the molecule is CSc1ccc(C=c2sc3n(c2=O)C(c2ccccc2Cl)C2=C(N=3)c3ccccc3CC2)cc1. The Balaban J connectivity index is 1.61. The van der Waals surface area contributed by atoms with E-state index in [0.717, 1.165) is 45.6 Å². The van der Waals surface area contributed by atoms with E-state index in [1.54, 1.807) is 11.8 Å². The summed E-state index contributed by atoms with van der Waals surface area (Å²) in [5.41, 5.74) is 6.54. The first kappa shape index (κ1) is 21.7. The Morgan fingerprint density at radius 1 is 1.03 bits per heavy atom. The van der Waals surface area contributed by atoms with Gasteiger partial charge in [0.15, 0.2) is 4.80 Å². The molecule has 2 aliphatic rings. The van der Waals surface area contributed by atoms with E-state index in [2.05, 4.69) is 54.8 Å². The quantitative estimate of drug-likeness (QED) is 0.338. The molecule has 6 rings (SSSR count). The van der Waals surface area contributed by atoms with Crippen molar-refractivity contribution in [3.8, 4) is 0 Å². The smallest absolute Gasteiger partial charge is 0.271 e. The van der Waals surface area contributed by atoms with Crippen LogP contribution < -0.4 is 14.9 Å². The summed E-state index contributed by atoms with van der Waals surface area (Å²) < 4.78 is 2.53. The zero-order valence-corrected chi connectivity index (χ0v) is 20.9. The number of aromatic nitrogens is 1. The van der Waals surface area contributed by atoms with E-state index in [1.165, 1.54) is 21.8 Å². The lowest BCUT2D eigenvalue weighted by Gasteiger charge is -2.31. The number of benzene rings is 3. The Kier molecular flexibility index (Phi) is 5.56. The highest BCUT2D eigenvalue weighted by molar-refractivity contribution is 7.98. The molecule has 4 aromatic rings. The van der Waals surface area contributed by atoms with Crippen molar-refractivity contribution in [1.82, 2.24) is 4.57 Å². The van der Waals surface area contributed by atoms with E-state index in [-0.39, 0.29) is 11.6 Å². The maximum atomic E-state index is 13.8. The van der Waals surface area contributed by atoms with Crippen molar-refractivity contribution < 1.29 is 0 Å². The van der Waals surface area contributed by atoms with Gasteiger partial charge in [-0.3, -0.25) is 9.36 Å². The summed E-state index contributed by atoms with van der Waals surface area (Å²) in [6.45, 7) is 0. The average Bonchev–Trinajstić information content (AvgIpc) is 3.18. The number of hydrogen-bond acceptors (Lipinski definition) is 4. The fraction of sp³-hybridized carbons (Fsp3) is 0.143. The number of allylic oxidation sites excluding steroid dienone is 1. The first-order valence-electron chi connectivity index (χ1n) is 11.2. The number of halogens is 1. The Morgan fingerprint density at radius 2 is 1.79 bits per heavy atom. The van der Waals surface area contributed by atoms with Crippen LogP contribution in [0.3, 0.4) is 0 Å². The van der Waals surface area contributed by atoms with Gasteiger partial charge >= 0.3 is 0 Å². The molecule has 0 fully saturated rings. The highest BCUT2D eigenvalue weighted by Crippen LogP contribution is 2.42. The number of nitrogens with zero attached hydrogens (tertiary/aromatic N) is 2. The zero-order valence-electron chi connectivity index (χ0n) is 18.5. The monoisotopic (exact) mass is 500 g/mol. The predicted octanol–water partition coefficient (Wildman–Crippen LogP) is 5.69. The molecule has 0 saturated carbocycles. The van der Waals surface area contributed by atoms with Crippen molar-refractivity contribution in [3.63, 3.8) is 0 Å². The molecule has 0 spiro atoms. The van der Waals surface area contributed by atoms with Gasteiger partial charge in [0.25, 0.3) is 5.56 Å². The van der Waals surface area contributed by atoms with Crippen LogP contribution in [-0.2, 0) is 6.42 Å². The fourth-order valence-corrected chi connectivity index (χ4v) is 6.50. The molecule has 1 aromatic heterocycles. The Labute approximate surface area is 210 Å². The number of thiazole rings is 1. The molecule has 0 bridgehead atoms. The maximum Gasteiger partial charge on any atom is 0.271 e. The van der Waals surface area contributed by atoms with Crippen LogP contribution in [0.2, 0.25) is 5.02 Å². The number of hydrogen-bond donors (Lipinski definition) is 0. The number of thioether (sulfide) groups is 1. The van der Waals surface area contributed by atoms with Crippen LogP contribution in [0.15, 0.2) is 93.1 Å². The lowest BCUT2D eigenvalue weighted by Crippen LogP contribution is -2.38. The van der Waals surface area contributed by atoms with Gasteiger partial charge in [0, 0.05) is 15.5 Å². The van der Waals surface area contributed by atoms with Gasteiger partial charge in [0.2, 0.25) is 0 Å². The Morgan fingerprint density at radius 3 is 2.59 bits per heavy atom. The van der Waals surface area contributed by atoms with Gasteiger partial charge in [-0.15, -0.1) is 11.8 Å². The standard InChI is InChI=1S/C28H21ClN2OS2/c1-33-19-13-10-17(11-14-19)16-24-27(32)31-26(21-8-4-5-9-23(21)29)22-15-12-18-6-2-3-7-20(18)25(22)30-28(31)34-24/h2-11,13-14,16,26H,12,15H2,1H3. The molecular weight excluding hydrogens is 480 g/mol. The predicted molar refractivity (Wildman–Crippen MR) is 142 cm³/mol. The molecule has 2 heterocycles. The van der Waals surface area contributed by atoms with E-state index in [0.29, 0.717) is 9.55 Å². The molecule has 6 heteroatoms. The number of fused-ring (bicyclic) bond motifs is 3. The van der Waals surface area contributed by atoms with Crippen LogP contribution in [0.25, 0.3) is 11.8 Å². The second-order valence-corrected chi connectivity index (χ2v) is 10.7. The minimum absolute atomic E-state index is 0.0204. The third-order valence-electron chi connectivity index (χ3n) is 6.49. The van der Waals surface area contributed by atoms with E-state index in [9.17, 15) is 4.79 Å². The minimum Gasteiger partial charge on any atom is -0.272 e. The molecule has 34 heavy (non-hydrogen) atoms. The Hall–Kier alpha value is -2.86. The lowest BCUT2D eigenvalue weighted by molar-refractivity contribution is 0.585. The van der Waals surface area contributed by atoms with E-state index in [1.807, 2.05) is 34.9 Å². The lowest BCUT2D eigenvalue weighted by atomic mass is 9.83. The maximum absolute atomic E-state index is 13.8. The van der Waals surface area contributed by atoms with Gasteiger partial charge in [-0.05, 0) is 65.6 Å². The highest BCUT2D eigenvalue weighted by atomic mass is 35.5. The number of aryl methyl sites for hydroxylation is 1. The third kappa shape index (κ3) is 3.59. The second-order valence-electron chi connectivity index (χ2n) is 8.41. The molecule has 0 N–H and O–H groups in total. The summed E-state index contributed by atoms with van der Waals surface area (Å²) in [4.78, 5) is 20.7. The van der Waals surface area contributed by atoms with Crippen LogP contribution in [0, 0.1) is 0 Å². The van der Waals surface area contributed by atoms with Gasteiger partial charge in [0.1, 0.15) is 0 Å². The number of rotatable bonds is 3. The van der Waals surface area contributed by atoms with Crippen molar-refractivity contribution in [1.29, 1.82) is 0 Å².